The third kappa shape index (κ3) is 3.95. The molecule has 0 spiro atoms. The Morgan fingerprint density at radius 3 is 2.81 bits per heavy atom. The Balaban J connectivity index is 1.77. The van der Waals surface area contributed by atoms with Crippen molar-refractivity contribution in [1.29, 1.82) is 0 Å². The maximum Gasteiger partial charge on any atom is 0.239 e. The lowest BCUT2D eigenvalue weighted by atomic mass is 9.95. The summed E-state index contributed by atoms with van der Waals surface area (Å²) in [6, 6.07) is 0.441. The van der Waals surface area contributed by atoms with Gasteiger partial charge in [-0.1, -0.05) is 6.92 Å². The highest BCUT2D eigenvalue weighted by Gasteiger charge is 2.42. The van der Waals surface area contributed by atoms with Crippen molar-refractivity contribution in [3.05, 3.63) is 0 Å². The highest BCUT2D eigenvalue weighted by Crippen LogP contribution is 2.31. The van der Waals surface area contributed by atoms with Gasteiger partial charge in [0, 0.05) is 26.2 Å². The third-order valence-corrected chi connectivity index (χ3v) is 4.77. The van der Waals surface area contributed by atoms with Gasteiger partial charge in [-0.15, -0.1) is 0 Å². The van der Waals surface area contributed by atoms with Gasteiger partial charge in [-0.25, -0.2) is 0 Å². The van der Waals surface area contributed by atoms with Crippen molar-refractivity contribution in [2.45, 2.75) is 26.3 Å². The topological polar surface area (TPSA) is 64.7 Å². The summed E-state index contributed by atoms with van der Waals surface area (Å²) >= 11 is 0. The van der Waals surface area contributed by atoms with Crippen molar-refractivity contribution in [2.24, 2.45) is 11.8 Å². The van der Waals surface area contributed by atoms with Crippen LogP contribution in [0, 0.1) is 11.8 Å². The van der Waals surface area contributed by atoms with Crippen LogP contribution in [-0.2, 0) is 9.59 Å². The van der Waals surface area contributed by atoms with Crippen molar-refractivity contribution in [3.63, 3.8) is 0 Å². The molecule has 2 rings (SSSR count). The van der Waals surface area contributed by atoms with Gasteiger partial charge in [0.2, 0.25) is 11.8 Å². The Kier molecular flexibility index (Phi) is 5.58. The zero-order valence-electron chi connectivity index (χ0n) is 13.4. The number of likely N-dealkylation sites (tertiary alicyclic amines) is 1. The van der Waals surface area contributed by atoms with Crippen LogP contribution in [0.4, 0.5) is 0 Å². The van der Waals surface area contributed by atoms with E-state index in [-0.39, 0.29) is 18.4 Å². The first-order valence-corrected chi connectivity index (χ1v) is 7.98. The lowest BCUT2D eigenvalue weighted by Gasteiger charge is -2.26. The molecule has 2 aliphatic rings. The van der Waals surface area contributed by atoms with Gasteiger partial charge < -0.3 is 15.5 Å². The Morgan fingerprint density at radius 2 is 2.14 bits per heavy atom. The molecule has 0 aromatic heterocycles. The molecule has 2 heterocycles. The summed E-state index contributed by atoms with van der Waals surface area (Å²) in [7, 11) is 1.71. The van der Waals surface area contributed by atoms with Crippen LogP contribution in [0.25, 0.3) is 0 Å². The molecule has 2 amide bonds. The standard InChI is InChI=1S/C15H28N4O2/c1-4-5-17-14(20)9-18(3)15(21)10-19-8-12-6-16-7-13(12)11(19)2/h11-13,16H,4-10H2,1-3H3,(H,17,20). The zero-order chi connectivity index (χ0) is 15.4. The number of amides is 2. The number of carbonyl (C=O) groups is 2. The second-order valence-electron chi connectivity index (χ2n) is 6.35. The summed E-state index contributed by atoms with van der Waals surface area (Å²) in [4.78, 5) is 27.7. The van der Waals surface area contributed by atoms with E-state index in [0.717, 1.165) is 26.1 Å². The van der Waals surface area contributed by atoms with E-state index < -0.39 is 0 Å². The second kappa shape index (κ2) is 7.22. The molecule has 0 aromatic rings. The molecule has 2 saturated heterocycles. The van der Waals surface area contributed by atoms with E-state index in [4.69, 9.17) is 0 Å². The average Bonchev–Trinajstić information content (AvgIpc) is 3.01. The van der Waals surface area contributed by atoms with Gasteiger partial charge in [0.05, 0.1) is 13.1 Å². The monoisotopic (exact) mass is 296 g/mol. The van der Waals surface area contributed by atoms with Crippen LogP contribution in [0.2, 0.25) is 0 Å². The molecule has 6 heteroatoms. The summed E-state index contributed by atoms with van der Waals surface area (Å²) in [6.45, 7) is 8.57. The molecule has 21 heavy (non-hydrogen) atoms. The molecule has 0 radical (unpaired) electrons. The van der Waals surface area contributed by atoms with Gasteiger partial charge >= 0.3 is 0 Å². The Hall–Kier alpha value is -1.14. The second-order valence-corrected chi connectivity index (χ2v) is 6.35. The minimum atomic E-state index is -0.0803. The number of rotatable bonds is 6. The molecule has 0 bridgehead atoms. The fraction of sp³-hybridized carbons (Fsp3) is 0.867. The third-order valence-electron chi connectivity index (χ3n) is 4.77. The fourth-order valence-electron chi connectivity index (χ4n) is 3.38. The first kappa shape index (κ1) is 16.2. The number of hydrogen-bond acceptors (Lipinski definition) is 4. The first-order chi connectivity index (χ1) is 10.0. The van der Waals surface area contributed by atoms with E-state index in [1.165, 1.54) is 4.90 Å². The highest BCUT2D eigenvalue weighted by atomic mass is 16.2. The van der Waals surface area contributed by atoms with E-state index in [1.54, 1.807) is 7.05 Å². The van der Waals surface area contributed by atoms with Gasteiger partial charge in [0.15, 0.2) is 0 Å². The van der Waals surface area contributed by atoms with Crippen molar-refractivity contribution in [2.75, 3.05) is 46.3 Å². The molecule has 0 saturated carbocycles. The fourth-order valence-corrected chi connectivity index (χ4v) is 3.38. The molecule has 2 fully saturated rings. The number of nitrogens with one attached hydrogen (secondary N) is 2. The highest BCUT2D eigenvalue weighted by molar-refractivity contribution is 5.85. The number of carbonyl (C=O) groups excluding carboxylic acids is 2. The molecule has 2 N–H and O–H groups in total. The number of fused-ring (bicyclic) bond motifs is 1. The quantitative estimate of drug-likeness (QED) is 0.694. The molecule has 0 aliphatic carbocycles. The first-order valence-electron chi connectivity index (χ1n) is 7.98. The molecular weight excluding hydrogens is 268 g/mol. The minimum absolute atomic E-state index is 0.0291. The SMILES string of the molecule is CCCNC(=O)CN(C)C(=O)CN1CC2CNCC2C1C. The van der Waals surface area contributed by atoms with Crippen LogP contribution in [0.5, 0.6) is 0 Å². The summed E-state index contributed by atoms with van der Waals surface area (Å²) in [5, 5.41) is 6.22. The molecule has 3 unspecified atom stereocenters. The minimum Gasteiger partial charge on any atom is -0.355 e. The van der Waals surface area contributed by atoms with Crippen LogP contribution in [0.15, 0.2) is 0 Å². The number of likely N-dealkylation sites (N-methyl/N-ethyl adjacent to an activating group) is 1. The molecular formula is C15H28N4O2. The molecule has 120 valence electrons. The van der Waals surface area contributed by atoms with Crippen molar-refractivity contribution in [1.82, 2.24) is 20.4 Å². The van der Waals surface area contributed by atoms with Crippen LogP contribution in [0.1, 0.15) is 20.3 Å². The van der Waals surface area contributed by atoms with Gasteiger partial charge in [-0.05, 0) is 38.3 Å². The summed E-state index contributed by atoms with van der Waals surface area (Å²) < 4.78 is 0. The van der Waals surface area contributed by atoms with E-state index in [1.807, 2.05) is 6.92 Å². The van der Waals surface area contributed by atoms with E-state index in [2.05, 4.69) is 22.5 Å². The van der Waals surface area contributed by atoms with E-state index >= 15 is 0 Å². The largest absolute Gasteiger partial charge is 0.355 e. The lowest BCUT2D eigenvalue weighted by molar-refractivity contribution is -0.135. The van der Waals surface area contributed by atoms with Gasteiger partial charge in [0.1, 0.15) is 0 Å². The lowest BCUT2D eigenvalue weighted by Crippen LogP contribution is -2.45. The molecule has 0 aromatic carbocycles. The van der Waals surface area contributed by atoms with Crippen LogP contribution < -0.4 is 10.6 Å². The summed E-state index contributed by atoms with van der Waals surface area (Å²) in [5.74, 6) is 1.28. The maximum absolute atomic E-state index is 12.3. The van der Waals surface area contributed by atoms with Gasteiger partial charge in [0.25, 0.3) is 0 Å². The number of nitrogens with zero attached hydrogens (tertiary/aromatic N) is 2. The maximum atomic E-state index is 12.3. The van der Waals surface area contributed by atoms with Crippen LogP contribution in [0.3, 0.4) is 0 Å². The van der Waals surface area contributed by atoms with Crippen molar-refractivity contribution in [3.8, 4) is 0 Å². The predicted molar refractivity (Wildman–Crippen MR) is 81.8 cm³/mol. The Morgan fingerprint density at radius 1 is 1.38 bits per heavy atom. The van der Waals surface area contributed by atoms with Crippen LogP contribution in [-0.4, -0.2) is 74.0 Å². The Labute approximate surface area is 127 Å². The zero-order valence-corrected chi connectivity index (χ0v) is 13.4. The summed E-state index contributed by atoms with van der Waals surface area (Å²) in [6.07, 6.45) is 0.908. The van der Waals surface area contributed by atoms with Crippen molar-refractivity contribution >= 4 is 11.8 Å². The summed E-state index contributed by atoms with van der Waals surface area (Å²) in [5.41, 5.74) is 0. The smallest absolute Gasteiger partial charge is 0.239 e. The predicted octanol–water partition coefficient (Wildman–Crippen LogP) is -0.489. The van der Waals surface area contributed by atoms with E-state index in [0.29, 0.717) is 31.0 Å². The molecule has 3 atom stereocenters. The van der Waals surface area contributed by atoms with Gasteiger partial charge in [-0.2, -0.15) is 0 Å². The normalized spacial score (nSPS) is 28.4. The van der Waals surface area contributed by atoms with Crippen LogP contribution >= 0.6 is 0 Å². The average molecular weight is 296 g/mol. The molecule has 6 nitrogen and oxygen atoms in total. The molecule has 2 aliphatic heterocycles. The van der Waals surface area contributed by atoms with Gasteiger partial charge in [-0.3, -0.25) is 14.5 Å². The van der Waals surface area contributed by atoms with E-state index in [9.17, 15) is 9.59 Å². The Bertz CT molecular complexity index is 388. The van der Waals surface area contributed by atoms with Crippen molar-refractivity contribution < 1.29 is 9.59 Å². The number of hydrogen-bond donors (Lipinski definition) is 2.